The molecular weight excluding hydrogens is 232 g/mol. The van der Waals surface area contributed by atoms with Crippen LogP contribution in [0.1, 0.15) is 17.7 Å². The van der Waals surface area contributed by atoms with E-state index in [1.165, 1.54) is 22.3 Å². The first-order valence-corrected chi connectivity index (χ1v) is 6.44. The van der Waals surface area contributed by atoms with Gasteiger partial charge >= 0.3 is 0 Å². The van der Waals surface area contributed by atoms with Crippen molar-refractivity contribution in [2.75, 3.05) is 0 Å². The molecule has 0 atom stereocenters. The van der Waals surface area contributed by atoms with Crippen molar-refractivity contribution in [1.29, 1.82) is 0 Å². The first kappa shape index (κ1) is 10.4. The van der Waals surface area contributed by atoms with E-state index in [4.69, 9.17) is 9.47 Å². The molecule has 1 aromatic rings. The highest BCUT2D eigenvalue weighted by Gasteiger charge is 2.17. The van der Waals surface area contributed by atoms with Crippen molar-refractivity contribution in [2.45, 2.75) is 12.8 Å². The molecule has 0 saturated carbocycles. The molecule has 2 heterocycles. The monoisotopic (exact) mass is 244 g/mol. The molecule has 0 bridgehead atoms. The van der Waals surface area contributed by atoms with Gasteiger partial charge in [0.15, 0.2) is 5.76 Å². The molecule has 1 aliphatic heterocycles. The summed E-state index contributed by atoms with van der Waals surface area (Å²) in [6.07, 6.45) is 11.2. The molecule has 3 heteroatoms. The largest absolute Gasteiger partial charge is 0.466 e. The number of allylic oxidation sites excluding steroid dienone is 4. The van der Waals surface area contributed by atoms with E-state index in [2.05, 4.69) is 29.7 Å². The highest BCUT2D eigenvalue weighted by atomic mass is 32.1. The van der Waals surface area contributed by atoms with Gasteiger partial charge in [-0.3, -0.25) is 0 Å². The van der Waals surface area contributed by atoms with Crippen molar-refractivity contribution in [3.05, 3.63) is 64.7 Å². The minimum atomic E-state index is 0.820. The predicted molar refractivity (Wildman–Crippen MR) is 69.0 cm³/mol. The van der Waals surface area contributed by atoms with Crippen LogP contribution in [-0.4, -0.2) is 0 Å². The number of rotatable bonds is 2. The molecule has 1 aromatic heterocycles. The third kappa shape index (κ3) is 2.06. The van der Waals surface area contributed by atoms with Gasteiger partial charge in [-0.15, -0.1) is 11.3 Å². The second-order valence-corrected chi connectivity index (χ2v) is 4.77. The maximum absolute atomic E-state index is 5.51. The van der Waals surface area contributed by atoms with Gasteiger partial charge in [-0.05, 0) is 29.9 Å². The number of ether oxygens (including phenoxy) is 2. The second-order valence-electron chi connectivity index (χ2n) is 3.82. The molecule has 1 aliphatic carbocycles. The first-order valence-electron chi connectivity index (χ1n) is 5.56. The van der Waals surface area contributed by atoms with Crippen LogP contribution >= 0.6 is 11.3 Å². The minimum Gasteiger partial charge on any atom is -0.466 e. The Kier molecular flexibility index (Phi) is 2.84. The van der Waals surface area contributed by atoms with Crippen LogP contribution in [0, 0.1) is 0 Å². The zero-order valence-corrected chi connectivity index (χ0v) is 10.1. The predicted octanol–water partition coefficient (Wildman–Crippen LogP) is 4.21. The maximum Gasteiger partial charge on any atom is 0.165 e. The summed E-state index contributed by atoms with van der Waals surface area (Å²) in [5.74, 6) is 0.820. The van der Waals surface area contributed by atoms with Crippen LogP contribution in [0.25, 0.3) is 5.57 Å². The summed E-state index contributed by atoms with van der Waals surface area (Å²) >= 11 is 1.75. The smallest absolute Gasteiger partial charge is 0.165 e. The van der Waals surface area contributed by atoms with Gasteiger partial charge in [0.1, 0.15) is 18.8 Å². The maximum atomic E-state index is 5.51. The van der Waals surface area contributed by atoms with E-state index in [1.54, 1.807) is 23.9 Å². The van der Waals surface area contributed by atoms with Gasteiger partial charge in [-0.1, -0.05) is 18.2 Å². The van der Waals surface area contributed by atoms with Crippen molar-refractivity contribution >= 4 is 16.9 Å². The van der Waals surface area contributed by atoms with Crippen molar-refractivity contribution < 1.29 is 9.47 Å². The summed E-state index contributed by atoms with van der Waals surface area (Å²) in [7, 11) is 0. The number of hydrogen-bond acceptors (Lipinski definition) is 3. The SMILES string of the molecule is C1=CC(c2cccs2)=C(C2=COC=CO2)CC1. The summed E-state index contributed by atoms with van der Waals surface area (Å²) in [6.45, 7) is 0. The lowest BCUT2D eigenvalue weighted by Gasteiger charge is -2.18. The van der Waals surface area contributed by atoms with E-state index < -0.39 is 0 Å². The minimum absolute atomic E-state index is 0.820. The zero-order chi connectivity index (χ0) is 11.5. The Morgan fingerprint density at radius 3 is 3.00 bits per heavy atom. The van der Waals surface area contributed by atoms with Crippen molar-refractivity contribution in [2.24, 2.45) is 0 Å². The molecule has 0 fully saturated rings. The molecule has 2 aliphatic rings. The van der Waals surface area contributed by atoms with Crippen LogP contribution in [-0.2, 0) is 9.47 Å². The van der Waals surface area contributed by atoms with Gasteiger partial charge in [0, 0.05) is 10.5 Å². The molecule has 0 N–H and O–H groups in total. The fraction of sp³-hybridized carbons (Fsp3) is 0.143. The van der Waals surface area contributed by atoms with Crippen LogP contribution in [0.15, 0.2) is 59.8 Å². The lowest BCUT2D eigenvalue weighted by molar-refractivity contribution is 0.262. The van der Waals surface area contributed by atoms with Crippen LogP contribution in [0.4, 0.5) is 0 Å². The van der Waals surface area contributed by atoms with E-state index >= 15 is 0 Å². The molecule has 3 rings (SSSR count). The fourth-order valence-corrected chi connectivity index (χ4v) is 2.77. The average molecular weight is 244 g/mol. The van der Waals surface area contributed by atoms with Crippen LogP contribution in [0.2, 0.25) is 0 Å². The highest BCUT2D eigenvalue weighted by molar-refractivity contribution is 7.11. The molecule has 0 unspecified atom stereocenters. The van der Waals surface area contributed by atoms with Gasteiger partial charge in [0.25, 0.3) is 0 Å². The summed E-state index contributed by atoms with van der Waals surface area (Å²) in [5.41, 5.74) is 2.47. The van der Waals surface area contributed by atoms with E-state index in [0.717, 1.165) is 18.6 Å². The molecule has 0 amide bonds. The Morgan fingerprint density at radius 2 is 2.24 bits per heavy atom. The van der Waals surface area contributed by atoms with E-state index in [1.807, 2.05) is 0 Å². The normalized spacial score (nSPS) is 18.7. The number of hydrogen-bond donors (Lipinski definition) is 0. The van der Waals surface area contributed by atoms with Crippen LogP contribution in [0.5, 0.6) is 0 Å². The standard InChI is InChI=1S/C14H12O2S/c1-2-5-12(14-6-3-9-17-14)11(4-1)13-10-15-7-8-16-13/h2-3,5-10H,1,4H2. The molecule has 0 aromatic carbocycles. The molecule has 17 heavy (non-hydrogen) atoms. The third-order valence-electron chi connectivity index (χ3n) is 2.76. The zero-order valence-electron chi connectivity index (χ0n) is 9.26. The van der Waals surface area contributed by atoms with Gasteiger partial charge < -0.3 is 9.47 Å². The van der Waals surface area contributed by atoms with Gasteiger partial charge in [-0.2, -0.15) is 0 Å². The third-order valence-corrected chi connectivity index (χ3v) is 3.66. The van der Waals surface area contributed by atoms with E-state index in [-0.39, 0.29) is 0 Å². The second kappa shape index (κ2) is 4.63. The van der Waals surface area contributed by atoms with E-state index in [0.29, 0.717) is 0 Å². The Labute approximate surface area is 104 Å². The average Bonchev–Trinajstić information content (AvgIpc) is 2.94. The molecule has 0 saturated heterocycles. The Hall–Kier alpha value is -1.74. The van der Waals surface area contributed by atoms with Gasteiger partial charge in [0.05, 0.1) is 0 Å². The lowest BCUT2D eigenvalue weighted by Crippen LogP contribution is -2.01. The van der Waals surface area contributed by atoms with Crippen LogP contribution < -0.4 is 0 Å². The summed E-state index contributed by atoms with van der Waals surface area (Å²) in [5, 5.41) is 2.09. The molecule has 0 radical (unpaired) electrons. The fourth-order valence-electron chi connectivity index (χ4n) is 1.99. The first-order chi connectivity index (χ1) is 8.45. The van der Waals surface area contributed by atoms with Crippen molar-refractivity contribution in [3.63, 3.8) is 0 Å². The molecule has 0 spiro atoms. The van der Waals surface area contributed by atoms with Crippen LogP contribution in [0.3, 0.4) is 0 Å². The van der Waals surface area contributed by atoms with Crippen molar-refractivity contribution in [1.82, 2.24) is 0 Å². The summed E-state index contributed by atoms with van der Waals surface area (Å²) in [6, 6.07) is 4.20. The molecular formula is C14H12O2S. The van der Waals surface area contributed by atoms with Gasteiger partial charge in [0.2, 0.25) is 0 Å². The van der Waals surface area contributed by atoms with Crippen molar-refractivity contribution in [3.8, 4) is 0 Å². The number of thiophene rings is 1. The topological polar surface area (TPSA) is 18.5 Å². The summed E-state index contributed by atoms with van der Waals surface area (Å²) in [4.78, 5) is 1.27. The van der Waals surface area contributed by atoms with E-state index in [9.17, 15) is 0 Å². The Bertz CT molecular complexity index is 518. The Morgan fingerprint density at radius 1 is 1.24 bits per heavy atom. The van der Waals surface area contributed by atoms with Gasteiger partial charge in [-0.25, -0.2) is 0 Å². The lowest BCUT2D eigenvalue weighted by atomic mass is 9.95. The Balaban J connectivity index is 2.03. The molecule has 2 nitrogen and oxygen atoms in total. The quantitative estimate of drug-likeness (QED) is 0.775. The highest BCUT2D eigenvalue weighted by Crippen LogP contribution is 2.35. The summed E-state index contributed by atoms with van der Waals surface area (Å²) < 4.78 is 10.7. The molecule has 86 valence electrons.